The molecule has 1 aromatic rings. The van der Waals surface area contributed by atoms with Crippen LogP contribution in [0.5, 0.6) is 0 Å². The van der Waals surface area contributed by atoms with E-state index in [9.17, 15) is 0 Å². The van der Waals surface area contributed by atoms with Crippen molar-refractivity contribution in [3.63, 3.8) is 0 Å². The zero-order chi connectivity index (χ0) is 9.38. The lowest BCUT2D eigenvalue weighted by atomic mass is 10.2. The summed E-state index contributed by atoms with van der Waals surface area (Å²) in [5.41, 5.74) is 3.69. The van der Waals surface area contributed by atoms with Crippen molar-refractivity contribution < 1.29 is 0 Å². The fourth-order valence-electron chi connectivity index (χ4n) is 1.85. The van der Waals surface area contributed by atoms with Crippen molar-refractivity contribution in [1.29, 1.82) is 0 Å². The van der Waals surface area contributed by atoms with Gasteiger partial charge in [0.1, 0.15) is 0 Å². The van der Waals surface area contributed by atoms with Gasteiger partial charge in [-0.15, -0.1) is 0 Å². The normalized spacial score (nSPS) is 18.1. The van der Waals surface area contributed by atoms with E-state index in [0.29, 0.717) is 0 Å². The molecule has 0 unspecified atom stereocenters. The summed E-state index contributed by atoms with van der Waals surface area (Å²) in [6.07, 6.45) is 6.04. The molecule has 0 saturated carbocycles. The minimum atomic E-state index is 0.956. The second-order valence-electron chi connectivity index (χ2n) is 3.40. The summed E-state index contributed by atoms with van der Waals surface area (Å²) in [5.74, 6) is 0. The summed E-state index contributed by atoms with van der Waals surface area (Å²) in [5, 5.41) is 0. The summed E-state index contributed by atoms with van der Waals surface area (Å²) < 4.78 is 0. The van der Waals surface area contributed by atoms with Gasteiger partial charge in [0.25, 0.3) is 0 Å². The molecule has 68 valence electrons. The number of nitrogens with zero attached hydrogens (tertiary/aromatic N) is 2. The number of aliphatic imine (C=N–C) groups is 1. The number of allylic oxidation sites excluding steroid dienone is 1. The second-order valence-corrected chi connectivity index (χ2v) is 3.40. The smallest absolute Gasteiger partial charge is 0.0686 e. The molecule has 0 aliphatic carbocycles. The van der Waals surface area contributed by atoms with E-state index in [-0.39, 0.29) is 0 Å². The SMILES string of the molecule is C1=NC=C2C1=CCN2c1ccccc1. The van der Waals surface area contributed by atoms with Crippen LogP contribution in [0.2, 0.25) is 0 Å². The summed E-state index contributed by atoms with van der Waals surface area (Å²) >= 11 is 0. The Morgan fingerprint density at radius 1 is 1.14 bits per heavy atom. The van der Waals surface area contributed by atoms with Crippen molar-refractivity contribution in [3.05, 3.63) is 53.9 Å². The molecule has 2 aliphatic heterocycles. The standard InChI is InChI=1S/C12H10N2/c1-2-4-11(5-3-1)14-7-6-10-8-13-9-12(10)14/h1-6,8-9H,7H2. The zero-order valence-corrected chi connectivity index (χ0v) is 7.72. The molecule has 2 nitrogen and oxygen atoms in total. The molecule has 0 spiro atoms. The summed E-state index contributed by atoms with van der Waals surface area (Å²) in [6.45, 7) is 0.956. The highest BCUT2D eigenvalue weighted by Gasteiger charge is 2.21. The van der Waals surface area contributed by atoms with E-state index in [2.05, 4.69) is 40.2 Å². The van der Waals surface area contributed by atoms with Gasteiger partial charge < -0.3 is 4.90 Å². The third-order valence-electron chi connectivity index (χ3n) is 2.56. The highest BCUT2D eigenvalue weighted by Crippen LogP contribution is 2.29. The summed E-state index contributed by atoms with van der Waals surface area (Å²) in [4.78, 5) is 6.41. The molecule has 0 saturated heterocycles. The van der Waals surface area contributed by atoms with Gasteiger partial charge in [-0.3, -0.25) is 4.99 Å². The molecule has 2 heterocycles. The van der Waals surface area contributed by atoms with Crippen molar-refractivity contribution in [1.82, 2.24) is 0 Å². The molecule has 0 amide bonds. The van der Waals surface area contributed by atoms with Gasteiger partial charge in [0.05, 0.1) is 11.9 Å². The Morgan fingerprint density at radius 3 is 2.86 bits per heavy atom. The van der Waals surface area contributed by atoms with E-state index in [1.807, 2.05) is 18.5 Å². The predicted molar refractivity (Wildman–Crippen MR) is 58.4 cm³/mol. The lowest BCUT2D eigenvalue weighted by molar-refractivity contribution is 1.08. The number of para-hydroxylation sites is 1. The van der Waals surface area contributed by atoms with Crippen LogP contribution in [0.25, 0.3) is 0 Å². The zero-order valence-electron chi connectivity index (χ0n) is 7.72. The molecule has 2 heteroatoms. The number of benzene rings is 1. The fourth-order valence-corrected chi connectivity index (χ4v) is 1.85. The molecular weight excluding hydrogens is 172 g/mol. The monoisotopic (exact) mass is 182 g/mol. The third-order valence-corrected chi connectivity index (χ3v) is 2.56. The quantitative estimate of drug-likeness (QED) is 0.651. The van der Waals surface area contributed by atoms with Crippen molar-refractivity contribution in [2.24, 2.45) is 4.99 Å². The van der Waals surface area contributed by atoms with Crippen LogP contribution in [-0.4, -0.2) is 12.8 Å². The van der Waals surface area contributed by atoms with Gasteiger partial charge >= 0.3 is 0 Å². The van der Waals surface area contributed by atoms with Gasteiger partial charge in [-0.25, -0.2) is 0 Å². The Kier molecular flexibility index (Phi) is 1.53. The number of hydrogen-bond donors (Lipinski definition) is 0. The van der Waals surface area contributed by atoms with Crippen LogP contribution in [0.3, 0.4) is 0 Å². The lowest BCUT2D eigenvalue weighted by Gasteiger charge is -2.19. The van der Waals surface area contributed by atoms with E-state index < -0.39 is 0 Å². The van der Waals surface area contributed by atoms with Crippen LogP contribution >= 0.6 is 0 Å². The summed E-state index contributed by atoms with van der Waals surface area (Å²) in [7, 11) is 0. The first kappa shape index (κ1) is 7.56. The van der Waals surface area contributed by atoms with Gasteiger partial charge in [-0.1, -0.05) is 24.3 Å². The maximum Gasteiger partial charge on any atom is 0.0686 e. The largest absolute Gasteiger partial charge is 0.336 e. The van der Waals surface area contributed by atoms with Gasteiger partial charge in [0.2, 0.25) is 0 Å². The first-order valence-electron chi connectivity index (χ1n) is 4.71. The highest BCUT2D eigenvalue weighted by atomic mass is 15.2. The van der Waals surface area contributed by atoms with Crippen LogP contribution < -0.4 is 4.90 Å². The number of anilines is 1. The molecule has 14 heavy (non-hydrogen) atoms. The van der Waals surface area contributed by atoms with Crippen LogP contribution in [0.15, 0.2) is 58.9 Å². The first-order chi connectivity index (χ1) is 6.95. The predicted octanol–water partition coefficient (Wildman–Crippen LogP) is 2.36. The van der Waals surface area contributed by atoms with Crippen LogP contribution in [-0.2, 0) is 0 Å². The number of hydrogen-bond acceptors (Lipinski definition) is 2. The number of fused-ring (bicyclic) bond motifs is 1. The van der Waals surface area contributed by atoms with Gasteiger partial charge in [0.15, 0.2) is 0 Å². The van der Waals surface area contributed by atoms with E-state index in [1.54, 1.807) is 0 Å². The molecule has 0 bridgehead atoms. The Labute approximate surface area is 82.9 Å². The average Bonchev–Trinajstić information content (AvgIpc) is 2.79. The Morgan fingerprint density at radius 2 is 2.00 bits per heavy atom. The van der Waals surface area contributed by atoms with Crippen molar-refractivity contribution >= 4 is 11.9 Å². The van der Waals surface area contributed by atoms with Crippen molar-refractivity contribution in [2.45, 2.75) is 0 Å². The van der Waals surface area contributed by atoms with E-state index >= 15 is 0 Å². The molecule has 0 radical (unpaired) electrons. The molecule has 0 N–H and O–H groups in total. The molecule has 0 atom stereocenters. The topological polar surface area (TPSA) is 15.6 Å². The maximum atomic E-state index is 4.15. The molecular formula is C12H10N2. The van der Waals surface area contributed by atoms with E-state index in [4.69, 9.17) is 0 Å². The number of rotatable bonds is 1. The molecule has 0 fully saturated rings. The third kappa shape index (κ3) is 1.01. The van der Waals surface area contributed by atoms with Crippen LogP contribution in [0.1, 0.15) is 0 Å². The highest BCUT2D eigenvalue weighted by molar-refractivity contribution is 5.92. The van der Waals surface area contributed by atoms with E-state index in [1.165, 1.54) is 17.0 Å². The molecule has 1 aromatic carbocycles. The molecule has 0 aromatic heterocycles. The Hall–Kier alpha value is -1.83. The Balaban J connectivity index is 1.98. The fraction of sp³-hybridized carbons (Fsp3) is 0.0833. The van der Waals surface area contributed by atoms with E-state index in [0.717, 1.165) is 6.54 Å². The Bertz CT molecular complexity index is 441. The first-order valence-corrected chi connectivity index (χ1v) is 4.71. The minimum Gasteiger partial charge on any atom is -0.336 e. The minimum absolute atomic E-state index is 0.956. The molecule has 3 rings (SSSR count). The van der Waals surface area contributed by atoms with Crippen molar-refractivity contribution in [3.8, 4) is 0 Å². The van der Waals surface area contributed by atoms with Crippen molar-refractivity contribution in [2.75, 3.05) is 11.4 Å². The van der Waals surface area contributed by atoms with Gasteiger partial charge in [-0.2, -0.15) is 0 Å². The van der Waals surface area contributed by atoms with Gasteiger partial charge in [-0.05, 0) is 12.1 Å². The average molecular weight is 182 g/mol. The maximum absolute atomic E-state index is 4.15. The second kappa shape index (κ2) is 2.84. The van der Waals surface area contributed by atoms with Crippen LogP contribution in [0, 0.1) is 0 Å². The molecule has 2 aliphatic rings. The van der Waals surface area contributed by atoms with Gasteiger partial charge in [0, 0.05) is 24.0 Å². The lowest BCUT2D eigenvalue weighted by Crippen LogP contribution is -2.17. The summed E-state index contributed by atoms with van der Waals surface area (Å²) in [6, 6.07) is 10.4. The van der Waals surface area contributed by atoms with Crippen LogP contribution in [0.4, 0.5) is 5.69 Å².